The normalized spacial score (nSPS) is 14.9. The van der Waals surface area contributed by atoms with Gasteiger partial charge >= 0.3 is 0 Å². The van der Waals surface area contributed by atoms with Crippen molar-refractivity contribution >= 4 is 11.4 Å². The molecular weight excluding hydrogens is 388 g/mol. The van der Waals surface area contributed by atoms with Gasteiger partial charge in [-0.25, -0.2) is 0 Å². The van der Waals surface area contributed by atoms with Gasteiger partial charge in [0.25, 0.3) is 11.4 Å². The van der Waals surface area contributed by atoms with Crippen LogP contribution in [0.15, 0.2) is 36.4 Å². The zero-order valence-electron chi connectivity index (χ0n) is 15.3. The first kappa shape index (κ1) is 20.1. The summed E-state index contributed by atoms with van der Waals surface area (Å²) in [5.74, 6) is 1.08. The number of hydrogen-bond acceptors (Lipinski definition) is 9. The average molecular weight is 406 g/mol. The first-order valence-corrected chi connectivity index (χ1v) is 8.70. The molecule has 0 spiro atoms. The summed E-state index contributed by atoms with van der Waals surface area (Å²) in [6.07, 6.45) is 0. The van der Waals surface area contributed by atoms with Crippen molar-refractivity contribution in [3.8, 4) is 23.0 Å². The summed E-state index contributed by atoms with van der Waals surface area (Å²) in [6, 6.07) is 8.08. The van der Waals surface area contributed by atoms with Gasteiger partial charge in [0.1, 0.15) is 26.4 Å². The summed E-state index contributed by atoms with van der Waals surface area (Å²) in [6.45, 7) is 0.980. The Labute approximate surface area is 165 Å². The number of benzene rings is 2. The van der Waals surface area contributed by atoms with Crippen LogP contribution < -0.4 is 18.9 Å². The van der Waals surface area contributed by atoms with E-state index in [1.165, 1.54) is 36.4 Å². The van der Waals surface area contributed by atoms with E-state index in [4.69, 9.17) is 23.7 Å². The number of non-ortho nitro benzene ring substituents is 2. The summed E-state index contributed by atoms with van der Waals surface area (Å²) in [5.41, 5.74) is -0.259. The molecule has 1 aliphatic heterocycles. The molecule has 1 aliphatic rings. The van der Waals surface area contributed by atoms with Crippen LogP contribution >= 0.6 is 0 Å². The van der Waals surface area contributed by atoms with E-state index in [0.29, 0.717) is 11.5 Å². The molecule has 11 heteroatoms. The molecule has 29 heavy (non-hydrogen) atoms. The molecule has 1 heterocycles. The Hall–Kier alpha value is -3.60. The minimum atomic E-state index is -0.529. The highest BCUT2D eigenvalue weighted by Crippen LogP contribution is 2.33. The summed E-state index contributed by atoms with van der Waals surface area (Å²) in [4.78, 5) is 20.9. The second-order valence-electron chi connectivity index (χ2n) is 5.78. The van der Waals surface area contributed by atoms with E-state index in [0.717, 1.165) is 0 Å². The molecular formula is C18H18N2O9. The third-order valence-corrected chi connectivity index (χ3v) is 3.85. The van der Waals surface area contributed by atoms with Crippen LogP contribution in [0.5, 0.6) is 23.0 Å². The number of rotatable bonds is 2. The molecule has 0 saturated heterocycles. The van der Waals surface area contributed by atoms with Gasteiger partial charge in [-0.05, 0) is 12.1 Å². The highest BCUT2D eigenvalue weighted by molar-refractivity contribution is 5.49. The molecule has 0 bridgehead atoms. The number of hydrogen-bond donors (Lipinski definition) is 0. The molecule has 0 aromatic heterocycles. The van der Waals surface area contributed by atoms with E-state index >= 15 is 0 Å². The fraction of sp³-hybridized carbons (Fsp3) is 0.333. The molecule has 0 fully saturated rings. The Morgan fingerprint density at radius 3 is 1.38 bits per heavy atom. The van der Waals surface area contributed by atoms with E-state index < -0.39 is 9.85 Å². The molecule has 2 aromatic rings. The number of ether oxygens (including phenoxy) is 5. The fourth-order valence-electron chi connectivity index (χ4n) is 2.51. The predicted molar refractivity (Wildman–Crippen MR) is 99.0 cm³/mol. The van der Waals surface area contributed by atoms with Crippen LogP contribution in [0.1, 0.15) is 0 Å². The molecule has 0 radical (unpaired) electrons. The lowest BCUT2D eigenvalue weighted by molar-refractivity contribution is -0.385. The lowest BCUT2D eigenvalue weighted by Crippen LogP contribution is -2.12. The zero-order chi connectivity index (χ0) is 20.6. The van der Waals surface area contributed by atoms with E-state index in [2.05, 4.69) is 0 Å². The molecule has 154 valence electrons. The van der Waals surface area contributed by atoms with E-state index in [9.17, 15) is 20.2 Å². The van der Waals surface area contributed by atoms with Gasteiger partial charge < -0.3 is 23.7 Å². The molecule has 3 rings (SSSR count). The molecule has 0 amide bonds. The maximum Gasteiger partial charge on any atom is 0.273 e. The Morgan fingerprint density at radius 1 is 0.586 bits per heavy atom. The Balaban J connectivity index is 1.77. The number of nitro benzene ring substituents is 2. The Morgan fingerprint density at radius 2 is 0.966 bits per heavy atom. The van der Waals surface area contributed by atoms with Gasteiger partial charge in [0.2, 0.25) is 0 Å². The topological polar surface area (TPSA) is 132 Å². The van der Waals surface area contributed by atoms with Crippen LogP contribution in [-0.2, 0) is 4.74 Å². The summed E-state index contributed by atoms with van der Waals surface area (Å²) < 4.78 is 27.7. The second-order valence-corrected chi connectivity index (χ2v) is 5.78. The summed E-state index contributed by atoms with van der Waals surface area (Å²) in [5, 5.41) is 22.0. The molecule has 2 aromatic carbocycles. The summed E-state index contributed by atoms with van der Waals surface area (Å²) >= 11 is 0. The van der Waals surface area contributed by atoms with Crippen molar-refractivity contribution in [2.45, 2.75) is 0 Å². The number of fused-ring (bicyclic) bond motifs is 2. The molecule has 0 saturated carbocycles. The maximum atomic E-state index is 11.0. The minimum Gasteiger partial charge on any atom is -0.487 e. The van der Waals surface area contributed by atoms with Crippen molar-refractivity contribution in [3.63, 3.8) is 0 Å². The van der Waals surface area contributed by atoms with Gasteiger partial charge in [0.05, 0.1) is 35.2 Å². The third-order valence-electron chi connectivity index (χ3n) is 3.85. The lowest BCUT2D eigenvalue weighted by atomic mass is 10.3. The summed E-state index contributed by atoms with van der Waals surface area (Å²) in [7, 11) is 0. The first-order chi connectivity index (χ1) is 14.0. The van der Waals surface area contributed by atoms with Crippen molar-refractivity contribution < 1.29 is 33.5 Å². The second kappa shape index (κ2) is 9.55. The van der Waals surface area contributed by atoms with E-state index in [1.807, 2.05) is 0 Å². The molecule has 0 N–H and O–H groups in total. The van der Waals surface area contributed by atoms with Crippen molar-refractivity contribution in [3.05, 3.63) is 56.6 Å². The lowest BCUT2D eigenvalue weighted by Gasteiger charge is -2.13. The predicted octanol–water partition coefficient (Wildman–Crippen LogP) is 2.75. The van der Waals surface area contributed by atoms with Crippen LogP contribution in [0.3, 0.4) is 0 Å². The Kier molecular flexibility index (Phi) is 6.63. The van der Waals surface area contributed by atoms with Crippen molar-refractivity contribution in [1.29, 1.82) is 0 Å². The highest BCUT2D eigenvalue weighted by atomic mass is 16.6. The van der Waals surface area contributed by atoms with Crippen molar-refractivity contribution in [2.24, 2.45) is 0 Å². The smallest absolute Gasteiger partial charge is 0.273 e. The number of nitro groups is 2. The molecule has 11 nitrogen and oxygen atoms in total. The van der Waals surface area contributed by atoms with Crippen LogP contribution in [0.25, 0.3) is 0 Å². The first-order valence-electron chi connectivity index (χ1n) is 8.70. The standard InChI is InChI=1S/C18H18N2O9/c21-19(22)13-2-4-16-17(11-13)28-8-6-25-5-7-26-15-3-1-14(20(23)24)12-18(15)29-10-9-27-16/h1-4,11-12H,5-10H2. The molecule has 0 aliphatic carbocycles. The van der Waals surface area contributed by atoms with E-state index in [1.54, 1.807) is 0 Å². The SMILES string of the molecule is O=[N+]([O-])c1ccc2c(c1)OCCOCCOc1ccc([N+](=O)[O-])cc1OCCO2. The van der Waals surface area contributed by atoms with Crippen LogP contribution in [0.4, 0.5) is 11.4 Å². The third kappa shape index (κ3) is 5.45. The van der Waals surface area contributed by atoms with Crippen molar-refractivity contribution in [2.75, 3.05) is 39.6 Å². The largest absolute Gasteiger partial charge is 0.487 e. The zero-order valence-corrected chi connectivity index (χ0v) is 15.3. The maximum absolute atomic E-state index is 11.0. The molecule has 0 unspecified atom stereocenters. The van der Waals surface area contributed by atoms with Crippen LogP contribution in [0, 0.1) is 20.2 Å². The van der Waals surface area contributed by atoms with Crippen LogP contribution in [-0.4, -0.2) is 49.5 Å². The van der Waals surface area contributed by atoms with Crippen LogP contribution in [0.2, 0.25) is 0 Å². The van der Waals surface area contributed by atoms with Gasteiger partial charge in [-0.1, -0.05) is 0 Å². The monoisotopic (exact) mass is 406 g/mol. The van der Waals surface area contributed by atoms with Gasteiger partial charge in [-0.2, -0.15) is 0 Å². The quantitative estimate of drug-likeness (QED) is 0.545. The molecule has 0 atom stereocenters. The fourth-order valence-corrected chi connectivity index (χ4v) is 2.51. The van der Waals surface area contributed by atoms with E-state index in [-0.39, 0.29) is 62.5 Å². The Bertz CT molecular complexity index is 888. The van der Waals surface area contributed by atoms with Gasteiger partial charge in [0.15, 0.2) is 23.0 Å². The number of nitrogens with zero attached hydrogens (tertiary/aromatic N) is 2. The van der Waals surface area contributed by atoms with Gasteiger partial charge in [-0.3, -0.25) is 20.2 Å². The minimum absolute atomic E-state index is 0.0600. The van der Waals surface area contributed by atoms with Gasteiger partial charge in [-0.15, -0.1) is 0 Å². The highest BCUT2D eigenvalue weighted by Gasteiger charge is 2.16. The van der Waals surface area contributed by atoms with Crippen molar-refractivity contribution in [1.82, 2.24) is 0 Å². The van der Waals surface area contributed by atoms with Gasteiger partial charge in [0, 0.05) is 12.1 Å². The average Bonchev–Trinajstić information content (AvgIpc) is 2.71.